The second kappa shape index (κ2) is 7.90. The van der Waals surface area contributed by atoms with Crippen LogP contribution in [0.1, 0.15) is 18.4 Å². The molecule has 0 unspecified atom stereocenters. The maximum absolute atomic E-state index is 13.6. The fourth-order valence-corrected chi connectivity index (χ4v) is 6.40. The predicted octanol–water partition coefficient (Wildman–Crippen LogP) is 3.19. The second-order valence-electron chi connectivity index (χ2n) is 7.51. The average molecular weight is 446 g/mol. The number of ether oxygens (including phenoxy) is 2. The third-order valence-corrected chi connectivity index (χ3v) is 8.36. The summed E-state index contributed by atoms with van der Waals surface area (Å²) < 4.78 is 41.9. The highest BCUT2D eigenvalue weighted by Crippen LogP contribution is 2.36. The summed E-state index contributed by atoms with van der Waals surface area (Å²) in [5, 5.41) is 6.58. The lowest BCUT2D eigenvalue weighted by molar-refractivity contribution is -0.179. The van der Waals surface area contributed by atoms with Crippen molar-refractivity contribution in [2.75, 3.05) is 26.3 Å². The van der Waals surface area contributed by atoms with Crippen molar-refractivity contribution in [3.63, 3.8) is 0 Å². The molecule has 3 aromatic rings. The number of piperidine rings is 1. The molecule has 1 spiro atoms. The van der Waals surface area contributed by atoms with Crippen LogP contribution in [0.25, 0.3) is 10.6 Å². The van der Waals surface area contributed by atoms with Gasteiger partial charge in [-0.25, -0.2) is 8.42 Å². The summed E-state index contributed by atoms with van der Waals surface area (Å²) in [6.07, 6.45) is 2.74. The smallest absolute Gasteiger partial charge is 0.246 e. The Labute approximate surface area is 179 Å². The predicted molar refractivity (Wildman–Crippen MR) is 114 cm³/mol. The summed E-state index contributed by atoms with van der Waals surface area (Å²) in [7, 11) is -3.69. The molecule has 2 fully saturated rings. The van der Waals surface area contributed by atoms with Crippen LogP contribution in [0.3, 0.4) is 0 Å². The minimum absolute atomic E-state index is 0.255. The van der Waals surface area contributed by atoms with E-state index in [1.165, 1.54) is 15.6 Å². The number of sulfonamides is 1. The SMILES string of the molecule is O=S(=O)(c1cn(Cc2ccccc2)nc1-c1cccs1)N1CCC2(CC1)OCCO2. The minimum Gasteiger partial charge on any atom is -0.347 e. The van der Waals surface area contributed by atoms with E-state index in [0.717, 1.165) is 10.4 Å². The lowest BCUT2D eigenvalue weighted by Gasteiger charge is -2.36. The molecule has 158 valence electrons. The molecule has 4 heterocycles. The quantitative estimate of drug-likeness (QED) is 0.603. The largest absolute Gasteiger partial charge is 0.347 e. The van der Waals surface area contributed by atoms with Gasteiger partial charge in [0, 0.05) is 32.1 Å². The highest BCUT2D eigenvalue weighted by Gasteiger charge is 2.43. The summed E-state index contributed by atoms with van der Waals surface area (Å²) in [6, 6.07) is 13.7. The van der Waals surface area contributed by atoms with Gasteiger partial charge in [-0.15, -0.1) is 11.3 Å². The van der Waals surface area contributed by atoms with E-state index in [-0.39, 0.29) is 4.90 Å². The van der Waals surface area contributed by atoms with Gasteiger partial charge in [0.25, 0.3) is 0 Å². The summed E-state index contributed by atoms with van der Waals surface area (Å²) in [4.78, 5) is 1.10. The number of thiophene rings is 1. The Morgan fingerprint density at radius 1 is 1.03 bits per heavy atom. The number of rotatable bonds is 5. The summed E-state index contributed by atoms with van der Waals surface area (Å²) in [6.45, 7) is 2.40. The minimum atomic E-state index is -3.69. The molecule has 1 aromatic carbocycles. The number of benzene rings is 1. The van der Waals surface area contributed by atoms with E-state index < -0.39 is 15.8 Å². The molecule has 0 N–H and O–H groups in total. The molecule has 2 aromatic heterocycles. The molecule has 0 amide bonds. The Morgan fingerprint density at radius 2 is 1.77 bits per heavy atom. The van der Waals surface area contributed by atoms with Crippen molar-refractivity contribution < 1.29 is 17.9 Å². The molecule has 30 heavy (non-hydrogen) atoms. The first kappa shape index (κ1) is 19.9. The van der Waals surface area contributed by atoms with Crippen molar-refractivity contribution in [1.29, 1.82) is 0 Å². The Balaban J connectivity index is 1.46. The number of hydrogen-bond donors (Lipinski definition) is 0. The lowest BCUT2D eigenvalue weighted by atomic mass is 10.1. The van der Waals surface area contributed by atoms with E-state index in [1.54, 1.807) is 10.9 Å². The van der Waals surface area contributed by atoms with Crippen LogP contribution in [-0.4, -0.2) is 54.6 Å². The normalized spacial score (nSPS) is 19.5. The van der Waals surface area contributed by atoms with Crippen molar-refractivity contribution in [3.05, 3.63) is 59.6 Å². The monoisotopic (exact) mass is 445 g/mol. The average Bonchev–Trinajstić information content (AvgIpc) is 3.50. The molecule has 9 heteroatoms. The molecule has 0 atom stereocenters. The van der Waals surface area contributed by atoms with E-state index in [2.05, 4.69) is 5.10 Å². The number of aromatic nitrogens is 2. The van der Waals surface area contributed by atoms with Gasteiger partial charge >= 0.3 is 0 Å². The third-order valence-electron chi connectivity index (χ3n) is 5.59. The van der Waals surface area contributed by atoms with Gasteiger partial charge in [0.15, 0.2) is 5.79 Å². The van der Waals surface area contributed by atoms with Crippen LogP contribution in [0.15, 0.2) is 58.9 Å². The van der Waals surface area contributed by atoms with Crippen LogP contribution in [0.4, 0.5) is 0 Å². The van der Waals surface area contributed by atoms with Crippen LogP contribution in [-0.2, 0) is 26.0 Å². The maximum atomic E-state index is 13.6. The fourth-order valence-electron chi connectivity index (χ4n) is 4.02. The highest BCUT2D eigenvalue weighted by atomic mass is 32.2. The van der Waals surface area contributed by atoms with Crippen LogP contribution < -0.4 is 0 Å². The fraction of sp³-hybridized carbons (Fsp3) is 0.381. The van der Waals surface area contributed by atoms with E-state index in [4.69, 9.17) is 9.47 Å². The number of nitrogens with zero attached hydrogens (tertiary/aromatic N) is 3. The van der Waals surface area contributed by atoms with Crippen molar-refractivity contribution in [2.24, 2.45) is 0 Å². The summed E-state index contributed by atoms with van der Waals surface area (Å²) in [5.74, 6) is -0.611. The molecular formula is C21H23N3O4S2. The number of hydrogen-bond acceptors (Lipinski definition) is 6. The van der Waals surface area contributed by atoms with Gasteiger partial charge in [-0.2, -0.15) is 9.40 Å². The molecule has 0 bridgehead atoms. The summed E-state index contributed by atoms with van der Waals surface area (Å²) >= 11 is 1.49. The standard InChI is InChI=1S/C21H23N3O4S2/c25-30(26,24-10-8-21(9-11-24)27-12-13-28-21)19-16-23(15-17-5-2-1-3-6-17)22-20(19)18-7-4-14-29-18/h1-7,14,16H,8-13,15H2. The zero-order chi connectivity index (χ0) is 20.6. The van der Waals surface area contributed by atoms with Crippen LogP contribution in [0.2, 0.25) is 0 Å². The summed E-state index contributed by atoms with van der Waals surface area (Å²) in [5.41, 5.74) is 1.58. The molecule has 7 nitrogen and oxygen atoms in total. The van der Waals surface area contributed by atoms with E-state index in [9.17, 15) is 8.42 Å². The molecular weight excluding hydrogens is 422 g/mol. The van der Waals surface area contributed by atoms with Crippen LogP contribution in [0, 0.1) is 0 Å². The van der Waals surface area contributed by atoms with E-state index in [0.29, 0.717) is 51.4 Å². The molecule has 5 rings (SSSR count). The van der Waals surface area contributed by atoms with Crippen molar-refractivity contribution >= 4 is 21.4 Å². The van der Waals surface area contributed by atoms with Gasteiger partial charge in [0.2, 0.25) is 10.0 Å². The Kier molecular flexibility index (Phi) is 5.24. The zero-order valence-corrected chi connectivity index (χ0v) is 18.1. The van der Waals surface area contributed by atoms with Gasteiger partial charge in [-0.3, -0.25) is 4.68 Å². The third kappa shape index (κ3) is 3.72. The first-order chi connectivity index (χ1) is 14.6. The van der Waals surface area contributed by atoms with E-state index >= 15 is 0 Å². The Bertz CT molecular complexity index is 1090. The second-order valence-corrected chi connectivity index (χ2v) is 10.4. The van der Waals surface area contributed by atoms with Crippen molar-refractivity contribution in [1.82, 2.24) is 14.1 Å². The van der Waals surface area contributed by atoms with Gasteiger partial charge in [-0.1, -0.05) is 36.4 Å². The van der Waals surface area contributed by atoms with Gasteiger partial charge in [0.05, 0.1) is 24.6 Å². The topological polar surface area (TPSA) is 73.7 Å². The Morgan fingerprint density at radius 3 is 2.43 bits per heavy atom. The molecule has 2 saturated heterocycles. The first-order valence-electron chi connectivity index (χ1n) is 9.99. The molecule has 0 radical (unpaired) electrons. The van der Waals surface area contributed by atoms with Crippen LogP contribution >= 0.6 is 11.3 Å². The lowest BCUT2D eigenvalue weighted by Crippen LogP contribution is -2.47. The molecule has 0 aliphatic carbocycles. The highest BCUT2D eigenvalue weighted by molar-refractivity contribution is 7.89. The van der Waals surface area contributed by atoms with E-state index in [1.807, 2.05) is 47.8 Å². The van der Waals surface area contributed by atoms with Crippen molar-refractivity contribution in [3.8, 4) is 10.6 Å². The molecule has 0 saturated carbocycles. The van der Waals surface area contributed by atoms with Gasteiger partial charge in [0.1, 0.15) is 10.6 Å². The van der Waals surface area contributed by atoms with Crippen LogP contribution in [0.5, 0.6) is 0 Å². The Hall–Kier alpha value is -2.04. The van der Waals surface area contributed by atoms with Gasteiger partial charge in [-0.05, 0) is 17.0 Å². The molecule has 2 aliphatic rings. The van der Waals surface area contributed by atoms with Crippen molar-refractivity contribution in [2.45, 2.75) is 30.1 Å². The first-order valence-corrected chi connectivity index (χ1v) is 12.3. The molecule has 2 aliphatic heterocycles. The zero-order valence-electron chi connectivity index (χ0n) is 16.4. The van der Waals surface area contributed by atoms with Gasteiger partial charge < -0.3 is 9.47 Å². The maximum Gasteiger partial charge on any atom is 0.246 e.